The van der Waals surface area contributed by atoms with Crippen LogP contribution in [0.4, 0.5) is 0 Å². The summed E-state index contributed by atoms with van der Waals surface area (Å²) in [4.78, 5) is 12.2. The first kappa shape index (κ1) is 23.8. The molecule has 0 aromatic heterocycles. The van der Waals surface area contributed by atoms with Gasteiger partial charge in [0.05, 0.1) is 16.0 Å². The number of benzene rings is 3. The smallest absolute Gasteiger partial charge is 0.258 e. The lowest BCUT2D eigenvalue weighted by molar-refractivity contribution is -0.123. The highest BCUT2D eigenvalue weighted by molar-refractivity contribution is 7.89. The van der Waals surface area contributed by atoms with Gasteiger partial charge in [0, 0.05) is 6.04 Å². The fourth-order valence-electron chi connectivity index (χ4n) is 3.13. The van der Waals surface area contributed by atoms with E-state index in [2.05, 4.69) is 10.0 Å². The molecule has 0 saturated carbocycles. The van der Waals surface area contributed by atoms with Gasteiger partial charge < -0.3 is 10.1 Å². The Labute approximate surface area is 193 Å². The highest BCUT2D eigenvalue weighted by Crippen LogP contribution is 2.28. The zero-order valence-electron chi connectivity index (χ0n) is 17.8. The van der Waals surface area contributed by atoms with Gasteiger partial charge in [-0.3, -0.25) is 4.79 Å². The zero-order chi connectivity index (χ0) is 23.1. The largest absolute Gasteiger partial charge is 0.482 e. The summed E-state index contributed by atoms with van der Waals surface area (Å²) < 4.78 is 33.6. The molecule has 0 radical (unpaired) electrons. The molecule has 3 aromatic rings. The number of hydrogen-bond donors (Lipinski definition) is 2. The molecule has 32 heavy (non-hydrogen) atoms. The predicted octanol–water partition coefficient (Wildman–Crippen LogP) is 4.64. The first-order valence-corrected chi connectivity index (χ1v) is 12.0. The molecule has 3 aromatic carbocycles. The van der Waals surface area contributed by atoms with E-state index in [4.69, 9.17) is 16.3 Å². The molecule has 3 rings (SSSR count). The van der Waals surface area contributed by atoms with Gasteiger partial charge >= 0.3 is 0 Å². The number of carbonyl (C=O) groups excluding carboxylic acids is 1. The van der Waals surface area contributed by atoms with Crippen LogP contribution < -0.4 is 14.8 Å². The van der Waals surface area contributed by atoms with E-state index < -0.39 is 16.1 Å². The third-order valence-electron chi connectivity index (χ3n) is 4.88. The summed E-state index contributed by atoms with van der Waals surface area (Å²) in [6, 6.07) is 22.4. The lowest BCUT2D eigenvalue weighted by atomic mass is 10.1. The summed E-state index contributed by atoms with van der Waals surface area (Å²) in [5, 5.41) is 2.95. The van der Waals surface area contributed by atoms with Crippen molar-refractivity contribution in [2.45, 2.75) is 30.8 Å². The summed E-state index contributed by atoms with van der Waals surface area (Å²) in [5.74, 6) is -0.0864. The van der Waals surface area contributed by atoms with Gasteiger partial charge in [-0.15, -0.1) is 0 Å². The number of amides is 1. The normalized spacial score (nSPS) is 13.2. The molecular weight excluding hydrogens is 448 g/mol. The highest BCUT2D eigenvalue weighted by Gasteiger charge is 2.20. The van der Waals surface area contributed by atoms with Crippen LogP contribution >= 0.6 is 11.6 Å². The van der Waals surface area contributed by atoms with Crippen LogP contribution in [0.5, 0.6) is 5.75 Å². The minimum atomic E-state index is -3.79. The van der Waals surface area contributed by atoms with Gasteiger partial charge in [0.15, 0.2) is 6.61 Å². The van der Waals surface area contributed by atoms with Gasteiger partial charge in [-0.2, -0.15) is 0 Å². The first-order valence-electron chi connectivity index (χ1n) is 10.1. The van der Waals surface area contributed by atoms with Gasteiger partial charge in [0.25, 0.3) is 5.91 Å². The Hall–Kier alpha value is -2.87. The molecule has 8 heteroatoms. The van der Waals surface area contributed by atoms with Crippen LogP contribution in [0.1, 0.15) is 37.1 Å². The second kappa shape index (κ2) is 10.6. The monoisotopic (exact) mass is 472 g/mol. The average Bonchev–Trinajstić information content (AvgIpc) is 2.79. The Kier molecular flexibility index (Phi) is 7.90. The van der Waals surface area contributed by atoms with E-state index >= 15 is 0 Å². The van der Waals surface area contributed by atoms with Crippen molar-refractivity contribution in [1.82, 2.24) is 10.0 Å². The Morgan fingerprint density at radius 1 is 0.906 bits per heavy atom. The summed E-state index contributed by atoms with van der Waals surface area (Å²) in [5.41, 5.74) is 1.82. The molecule has 2 N–H and O–H groups in total. The molecule has 0 spiro atoms. The first-order chi connectivity index (χ1) is 15.3. The van der Waals surface area contributed by atoms with E-state index in [-0.39, 0.29) is 34.2 Å². The quantitative estimate of drug-likeness (QED) is 0.475. The number of sulfonamides is 1. The lowest BCUT2D eigenvalue weighted by Crippen LogP contribution is -2.31. The molecule has 2 atom stereocenters. The number of hydrogen-bond acceptors (Lipinski definition) is 4. The van der Waals surface area contributed by atoms with Crippen molar-refractivity contribution in [2.75, 3.05) is 6.61 Å². The Bertz CT molecular complexity index is 1160. The number of ether oxygens (including phenoxy) is 1. The van der Waals surface area contributed by atoms with E-state index in [1.807, 2.05) is 67.6 Å². The molecule has 0 aliphatic rings. The fourth-order valence-corrected chi connectivity index (χ4v) is 4.69. The maximum Gasteiger partial charge on any atom is 0.258 e. The van der Waals surface area contributed by atoms with Crippen LogP contribution in [-0.2, 0) is 14.8 Å². The van der Waals surface area contributed by atoms with Gasteiger partial charge in [-0.1, -0.05) is 72.3 Å². The van der Waals surface area contributed by atoms with Crippen molar-refractivity contribution in [2.24, 2.45) is 0 Å². The molecular formula is C24H25ClN2O4S. The zero-order valence-corrected chi connectivity index (χ0v) is 19.4. The van der Waals surface area contributed by atoms with E-state index in [0.29, 0.717) is 0 Å². The van der Waals surface area contributed by atoms with Crippen molar-refractivity contribution >= 4 is 27.5 Å². The molecule has 168 valence electrons. The SMILES string of the molecule is C[C@H](NC(=O)COc1ccc(S(=O)(=O)N[C@@H](C)c2ccccc2)cc1Cl)c1ccccc1. The van der Waals surface area contributed by atoms with Crippen LogP contribution in [0, 0.1) is 0 Å². The predicted molar refractivity (Wildman–Crippen MR) is 125 cm³/mol. The molecule has 0 fully saturated rings. The topological polar surface area (TPSA) is 84.5 Å². The second-order valence-corrected chi connectivity index (χ2v) is 9.46. The minimum absolute atomic E-state index is 0.0137. The van der Waals surface area contributed by atoms with E-state index in [0.717, 1.165) is 11.1 Å². The maximum absolute atomic E-state index is 12.7. The van der Waals surface area contributed by atoms with Crippen molar-refractivity contribution in [3.63, 3.8) is 0 Å². The third kappa shape index (κ3) is 6.32. The van der Waals surface area contributed by atoms with Crippen LogP contribution in [0.2, 0.25) is 5.02 Å². The fraction of sp³-hybridized carbons (Fsp3) is 0.208. The Morgan fingerprint density at radius 2 is 1.47 bits per heavy atom. The van der Waals surface area contributed by atoms with Crippen LogP contribution in [0.15, 0.2) is 83.8 Å². The Balaban J connectivity index is 1.60. The van der Waals surface area contributed by atoms with Gasteiger partial charge in [-0.25, -0.2) is 13.1 Å². The van der Waals surface area contributed by atoms with E-state index in [1.165, 1.54) is 18.2 Å². The maximum atomic E-state index is 12.7. The van der Waals surface area contributed by atoms with Crippen molar-refractivity contribution in [1.29, 1.82) is 0 Å². The molecule has 0 unspecified atom stereocenters. The number of halogens is 1. The van der Waals surface area contributed by atoms with Crippen molar-refractivity contribution < 1.29 is 17.9 Å². The molecule has 0 aliphatic carbocycles. The van der Waals surface area contributed by atoms with Crippen molar-refractivity contribution in [3.05, 3.63) is 95.0 Å². The number of carbonyl (C=O) groups is 1. The van der Waals surface area contributed by atoms with E-state index in [9.17, 15) is 13.2 Å². The van der Waals surface area contributed by atoms with Crippen LogP contribution in [0.25, 0.3) is 0 Å². The van der Waals surface area contributed by atoms with Crippen LogP contribution in [0.3, 0.4) is 0 Å². The summed E-state index contributed by atoms with van der Waals surface area (Å²) in [6.07, 6.45) is 0. The van der Waals surface area contributed by atoms with E-state index in [1.54, 1.807) is 6.92 Å². The van der Waals surface area contributed by atoms with Gasteiger partial charge in [-0.05, 0) is 43.2 Å². The molecule has 0 heterocycles. The second-order valence-electron chi connectivity index (χ2n) is 7.33. The molecule has 6 nitrogen and oxygen atoms in total. The third-order valence-corrected chi connectivity index (χ3v) is 6.71. The molecule has 0 bridgehead atoms. The summed E-state index contributed by atoms with van der Waals surface area (Å²) in [7, 11) is -3.79. The number of rotatable bonds is 9. The van der Waals surface area contributed by atoms with Crippen LogP contribution in [-0.4, -0.2) is 20.9 Å². The Morgan fingerprint density at radius 3 is 2.03 bits per heavy atom. The molecule has 1 amide bonds. The minimum Gasteiger partial charge on any atom is -0.482 e. The van der Waals surface area contributed by atoms with Gasteiger partial charge in [0.1, 0.15) is 5.75 Å². The van der Waals surface area contributed by atoms with Gasteiger partial charge in [0.2, 0.25) is 10.0 Å². The number of nitrogens with one attached hydrogen (secondary N) is 2. The standard InChI is InChI=1S/C24H25ClN2O4S/c1-17(19-9-5-3-6-10-19)26-24(28)16-31-23-14-13-21(15-22(23)25)32(29,30)27-18(2)20-11-7-4-8-12-20/h3-15,17-18,27H,16H2,1-2H3,(H,26,28)/t17-,18-/m0/s1. The average molecular weight is 473 g/mol. The summed E-state index contributed by atoms with van der Waals surface area (Å²) >= 11 is 6.23. The van der Waals surface area contributed by atoms with Crippen molar-refractivity contribution in [3.8, 4) is 5.75 Å². The lowest BCUT2D eigenvalue weighted by Gasteiger charge is -2.16. The molecule has 0 saturated heterocycles. The molecule has 0 aliphatic heterocycles. The highest BCUT2D eigenvalue weighted by atomic mass is 35.5. The summed E-state index contributed by atoms with van der Waals surface area (Å²) in [6.45, 7) is 3.40.